The van der Waals surface area contributed by atoms with Crippen LogP contribution in [0, 0.1) is 5.82 Å². The average molecular weight is 368 g/mol. The maximum Gasteiger partial charge on any atom is 0.311 e. The second kappa shape index (κ2) is 9.56. The number of allylic oxidation sites excluding steroid dienone is 1. The highest BCUT2D eigenvalue weighted by molar-refractivity contribution is 6.31. The van der Waals surface area contributed by atoms with Crippen LogP contribution in [0.3, 0.4) is 0 Å². The van der Waals surface area contributed by atoms with Gasteiger partial charge in [0.2, 0.25) is 0 Å². The van der Waals surface area contributed by atoms with E-state index in [0.29, 0.717) is 6.54 Å². The molecule has 1 atom stereocenters. The first-order valence-corrected chi connectivity index (χ1v) is 8.93. The summed E-state index contributed by atoms with van der Waals surface area (Å²) in [7, 11) is 0. The first-order valence-electron chi connectivity index (χ1n) is 8.55. The fourth-order valence-electron chi connectivity index (χ4n) is 2.76. The van der Waals surface area contributed by atoms with E-state index in [1.165, 1.54) is 43.5 Å². The Bertz CT molecular complexity index is 640. The van der Waals surface area contributed by atoms with Crippen molar-refractivity contribution < 1.29 is 18.7 Å². The predicted octanol–water partition coefficient (Wildman–Crippen LogP) is 3.96. The van der Waals surface area contributed by atoms with Gasteiger partial charge >= 0.3 is 5.97 Å². The zero-order valence-corrected chi connectivity index (χ0v) is 15.1. The highest BCUT2D eigenvalue weighted by Crippen LogP contribution is 2.20. The second-order valence-corrected chi connectivity index (χ2v) is 6.57. The molecule has 0 radical (unpaired) electrons. The van der Waals surface area contributed by atoms with Crippen molar-refractivity contribution in [1.29, 1.82) is 0 Å². The molecular weight excluding hydrogens is 345 g/mol. The minimum absolute atomic E-state index is 0.0750. The zero-order chi connectivity index (χ0) is 18.2. The van der Waals surface area contributed by atoms with E-state index in [4.69, 9.17) is 16.3 Å². The van der Waals surface area contributed by atoms with Crippen LogP contribution in [0.15, 0.2) is 29.8 Å². The van der Waals surface area contributed by atoms with Crippen LogP contribution in [0.5, 0.6) is 0 Å². The second-order valence-electron chi connectivity index (χ2n) is 6.16. The summed E-state index contributed by atoms with van der Waals surface area (Å²) in [4.78, 5) is 23.9. The summed E-state index contributed by atoms with van der Waals surface area (Å²) < 4.78 is 18.8. The van der Waals surface area contributed by atoms with E-state index < -0.39 is 17.9 Å². The Balaban J connectivity index is 1.76. The van der Waals surface area contributed by atoms with Crippen molar-refractivity contribution in [3.63, 3.8) is 0 Å². The van der Waals surface area contributed by atoms with E-state index >= 15 is 0 Å². The van der Waals surface area contributed by atoms with Crippen LogP contribution in [0.1, 0.15) is 44.6 Å². The molecule has 1 aliphatic rings. The molecule has 25 heavy (non-hydrogen) atoms. The Hall–Kier alpha value is -1.88. The Morgan fingerprint density at radius 2 is 2.16 bits per heavy atom. The first kappa shape index (κ1) is 19.4. The van der Waals surface area contributed by atoms with E-state index in [-0.39, 0.29) is 22.9 Å². The largest absolute Gasteiger partial charge is 0.452 e. The van der Waals surface area contributed by atoms with Gasteiger partial charge < -0.3 is 10.1 Å². The van der Waals surface area contributed by atoms with Gasteiger partial charge in [0.15, 0.2) is 6.10 Å². The third-order valence-electron chi connectivity index (χ3n) is 4.19. The van der Waals surface area contributed by atoms with Gasteiger partial charge in [-0.25, -0.2) is 4.39 Å². The van der Waals surface area contributed by atoms with Gasteiger partial charge in [0.05, 0.1) is 6.42 Å². The number of amides is 1. The molecule has 4 nitrogen and oxygen atoms in total. The molecule has 0 saturated heterocycles. The Labute approximate surface area is 152 Å². The maximum atomic E-state index is 13.7. The summed E-state index contributed by atoms with van der Waals surface area (Å²) >= 11 is 5.88. The number of halogens is 2. The molecule has 0 heterocycles. The summed E-state index contributed by atoms with van der Waals surface area (Å²) in [5.74, 6) is -1.61. The number of nitrogens with one attached hydrogen (secondary N) is 1. The summed E-state index contributed by atoms with van der Waals surface area (Å²) in [6.07, 6.45) is 6.43. The van der Waals surface area contributed by atoms with E-state index in [2.05, 4.69) is 11.4 Å². The van der Waals surface area contributed by atoms with Crippen molar-refractivity contribution in [2.24, 2.45) is 0 Å². The van der Waals surface area contributed by atoms with Gasteiger partial charge in [-0.1, -0.05) is 29.3 Å². The molecule has 1 aliphatic carbocycles. The standard InChI is InChI=1S/C19H23ClFNO3/c1-13(19(24)22-11-10-14-6-3-2-4-7-14)25-18(23)12-15-16(20)8-5-9-17(15)21/h5-6,8-9,13H,2-4,7,10-12H2,1H3,(H,22,24)/t13-/m0/s1. The third-order valence-corrected chi connectivity index (χ3v) is 4.54. The van der Waals surface area contributed by atoms with Crippen molar-refractivity contribution in [2.75, 3.05) is 6.54 Å². The smallest absolute Gasteiger partial charge is 0.311 e. The van der Waals surface area contributed by atoms with E-state index in [9.17, 15) is 14.0 Å². The lowest BCUT2D eigenvalue weighted by atomic mass is 9.97. The van der Waals surface area contributed by atoms with Crippen molar-refractivity contribution in [3.05, 3.63) is 46.3 Å². The van der Waals surface area contributed by atoms with Gasteiger partial charge in [0.1, 0.15) is 5.82 Å². The van der Waals surface area contributed by atoms with Gasteiger partial charge in [0.25, 0.3) is 5.91 Å². The minimum Gasteiger partial charge on any atom is -0.452 e. The van der Waals surface area contributed by atoms with Crippen molar-refractivity contribution in [2.45, 2.75) is 51.6 Å². The lowest BCUT2D eigenvalue weighted by molar-refractivity contribution is -0.154. The first-order chi connectivity index (χ1) is 12.0. The number of carbonyl (C=O) groups is 2. The van der Waals surface area contributed by atoms with Gasteiger partial charge in [0, 0.05) is 17.1 Å². The minimum atomic E-state index is -0.932. The molecule has 0 saturated carbocycles. The third kappa shape index (κ3) is 6.16. The van der Waals surface area contributed by atoms with Crippen molar-refractivity contribution in [1.82, 2.24) is 5.32 Å². The molecule has 1 N–H and O–H groups in total. The number of hydrogen-bond acceptors (Lipinski definition) is 3. The summed E-state index contributed by atoms with van der Waals surface area (Å²) in [6.45, 7) is 2.02. The fourth-order valence-corrected chi connectivity index (χ4v) is 2.99. The average Bonchev–Trinajstić information content (AvgIpc) is 2.59. The maximum absolute atomic E-state index is 13.7. The van der Waals surface area contributed by atoms with Crippen molar-refractivity contribution in [3.8, 4) is 0 Å². The molecule has 0 fully saturated rings. The van der Waals surface area contributed by atoms with Gasteiger partial charge in [-0.05, 0) is 51.2 Å². The molecule has 1 aromatic carbocycles. The lowest BCUT2D eigenvalue weighted by Crippen LogP contribution is -2.36. The lowest BCUT2D eigenvalue weighted by Gasteiger charge is -2.16. The van der Waals surface area contributed by atoms with Crippen LogP contribution in [-0.2, 0) is 20.7 Å². The van der Waals surface area contributed by atoms with Crippen LogP contribution < -0.4 is 5.32 Å². The predicted molar refractivity (Wildman–Crippen MR) is 94.8 cm³/mol. The number of rotatable bonds is 7. The molecule has 0 unspecified atom stereocenters. The molecule has 0 bridgehead atoms. The molecule has 1 aromatic rings. The van der Waals surface area contributed by atoms with E-state index in [1.54, 1.807) is 0 Å². The summed E-state index contributed by atoms with van der Waals surface area (Å²) in [5.41, 5.74) is 1.44. The van der Waals surface area contributed by atoms with E-state index in [1.807, 2.05) is 0 Å². The SMILES string of the molecule is C[C@H](OC(=O)Cc1c(F)cccc1Cl)C(=O)NCCC1=CCCCC1. The normalized spacial score (nSPS) is 15.2. The van der Waals surface area contributed by atoms with Gasteiger partial charge in [-0.3, -0.25) is 9.59 Å². The Morgan fingerprint density at radius 3 is 2.84 bits per heavy atom. The zero-order valence-electron chi connectivity index (χ0n) is 14.3. The summed E-state index contributed by atoms with van der Waals surface area (Å²) in [6, 6.07) is 4.19. The monoisotopic (exact) mass is 367 g/mol. The number of hydrogen-bond donors (Lipinski definition) is 1. The Morgan fingerprint density at radius 1 is 1.36 bits per heavy atom. The molecule has 1 amide bonds. The number of benzene rings is 1. The summed E-state index contributed by atoms with van der Waals surface area (Å²) in [5, 5.41) is 2.93. The molecule has 136 valence electrons. The van der Waals surface area contributed by atoms with Crippen molar-refractivity contribution >= 4 is 23.5 Å². The fraction of sp³-hybridized carbons (Fsp3) is 0.474. The highest BCUT2D eigenvalue weighted by Gasteiger charge is 2.20. The topological polar surface area (TPSA) is 55.4 Å². The molecular formula is C19H23ClFNO3. The van der Waals surface area contributed by atoms with Crippen LogP contribution in [0.2, 0.25) is 5.02 Å². The van der Waals surface area contributed by atoms with E-state index in [0.717, 1.165) is 19.3 Å². The molecule has 0 aromatic heterocycles. The molecule has 0 spiro atoms. The van der Waals surface area contributed by atoms with Crippen LogP contribution >= 0.6 is 11.6 Å². The highest BCUT2D eigenvalue weighted by atomic mass is 35.5. The number of esters is 1. The van der Waals surface area contributed by atoms with Gasteiger partial charge in [-0.15, -0.1) is 0 Å². The van der Waals surface area contributed by atoms with Crippen LogP contribution in [0.4, 0.5) is 4.39 Å². The van der Waals surface area contributed by atoms with Crippen LogP contribution in [0.25, 0.3) is 0 Å². The van der Waals surface area contributed by atoms with Crippen LogP contribution in [-0.4, -0.2) is 24.5 Å². The Kier molecular flexibility index (Phi) is 7.44. The number of ether oxygens (including phenoxy) is 1. The quantitative estimate of drug-likeness (QED) is 0.586. The molecule has 0 aliphatic heterocycles. The van der Waals surface area contributed by atoms with Gasteiger partial charge in [-0.2, -0.15) is 0 Å². The molecule has 6 heteroatoms. The molecule has 2 rings (SSSR count). The number of carbonyl (C=O) groups excluding carboxylic acids is 2.